The molecule has 0 fully saturated rings. The fourth-order valence-electron chi connectivity index (χ4n) is 2.22. The zero-order valence-electron chi connectivity index (χ0n) is 11.7. The summed E-state index contributed by atoms with van der Waals surface area (Å²) in [6, 6.07) is 7.50. The van der Waals surface area contributed by atoms with Gasteiger partial charge in [0.05, 0.1) is 6.10 Å². The van der Waals surface area contributed by atoms with Crippen molar-refractivity contribution in [2.45, 2.75) is 58.5 Å². The fourth-order valence-corrected chi connectivity index (χ4v) is 2.22. The SMILES string of the molecule is CCCCCCCC(OCC)c1ccccc1O. The molecule has 0 heterocycles. The van der Waals surface area contributed by atoms with Crippen molar-refractivity contribution in [3.05, 3.63) is 29.8 Å². The molecule has 18 heavy (non-hydrogen) atoms. The predicted octanol–water partition coefficient (Wildman–Crippen LogP) is 4.83. The molecule has 1 aromatic carbocycles. The minimum Gasteiger partial charge on any atom is -0.508 e. The van der Waals surface area contributed by atoms with Crippen molar-refractivity contribution in [2.75, 3.05) is 6.61 Å². The standard InChI is InChI=1S/C16H26O2/c1-3-5-6-7-8-13-16(18-4-2)14-11-9-10-12-15(14)17/h9-12,16-17H,3-8,13H2,1-2H3. The molecule has 0 radical (unpaired) electrons. The second-order valence-corrected chi connectivity index (χ2v) is 4.71. The lowest BCUT2D eigenvalue weighted by molar-refractivity contribution is 0.0525. The van der Waals surface area contributed by atoms with Crippen molar-refractivity contribution < 1.29 is 9.84 Å². The Morgan fingerprint density at radius 2 is 1.78 bits per heavy atom. The summed E-state index contributed by atoms with van der Waals surface area (Å²) in [7, 11) is 0. The van der Waals surface area contributed by atoms with Gasteiger partial charge in [-0.2, -0.15) is 0 Å². The Balaban J connectivity index is 2.47. The Bertz CT molecular complexity index is 323. The molecule has 1 aromatic rings. The van der Waals surface area contributed by atoms with E-state index in [0.29, 0.717) is 12.4 Å². The Morgan fingerprint density at radius 3 is 2.44 bits per heavy atom. The van der Waals surface area contributed by atoms with Crippen LogP contribution in [0.2, 0.25) is 0 Å². The summed E-state index contributed by atoms with van der Waals surface area (Å²) >= 11 is 0. The second kappa shape index (κ2) is 8.98. The molecule has 1 N–H and O–H groups in total. The van der Waals surface area contributed by atoms with Gasteiger partial charge in [-0.1, -0.05) is 57.2 Å². The average Bonchev–Trinajstić information content (AvgIpc) is 2.38. The number of hydrogen-bond acceptors (Lipinski definition) is 2. The van der Waals surface area contributed by atoms with Crippen molar-refractivity contribution in [1.29, 1.82) is 0 Å². The van der Waals surface area contributed by atoms with Crippen LogP contribution < -0.4 is 0 Å². The van der Waals surface area contributed by atoms with Gasteiger partial charge in [0.1, 0.15) is 5.75 Å². The van der Waals surface area contributed by atoms with Gasteiger partial charge in [-0.05, 0) is 19.4 Å². The molecule has 0 aliphatic heterocycles. The van der Waals surface area contributed by atoms with Gasteiger partial charge >= 0.3 is 0 Å². The van der Waals surface area contributed by atoms with Crippen molar-refractivity contribution in [1.82, 2.24) is 0 Å². The van der Waals surface area contributed by atoms with Crippen molar-refractivity contribution in [3.63, 3.8) is 0 Å². The Morgan fingerprint density at radius 1 is 1.06 bits per heavy atom. The molecular formula is C16H26O2. The molecule has 0 aromatic heterocycles. The van der Waals surface area contributed by atoms with E-state index in [9.17, 15) is 5.11 Å². The first kappa shape index (κ1) is 15.0. The number of benzene rings is 1. The molecule has 0 saturated heterocycles. The van der Waals surface area contributed by atoms with E-state index in [1.54, 1.807) is 6.07 Å². The third-order valence-electron chi connectivity index (χ3n) is 3.22. The number of hydrogen-bond donors (Lipinski definition) is 1. The maximum Gasteiger partial charge on any atom is 0.121 e. The molecule has 0 bridgehead atoms. The maximum absolute atomic E-state index is 9.87. The highest BCUT2D eigenvalue weighted by atomic mass is 16.5. The van der Waals surface area contributed by atoms with Gasteiger partial charge in [0.25, 0.3) is 0 Å². The topological polar surface area (TPSA) is 29.5 Å². The van der Waals surface area contributed by atoms with E-state index in [0.717, 1.165) is 12.0 Å². The van der Waals surface area contributed by atoms with E-state index >= 15 is 0 Å². The molecule has 0 spiro atoms. The molecule has 1 rings (SSSR count). The first-order chi connectivity index (χ1) is 8.79. The maximum atomic E-state index is 9.87. The minimum absolute atomic E-state index is 0.0397. The smallest absolute Gasteiger partial charge is 0.121 e. The van der Waals surface area contributed by atoms with Gasteiger partial charge in [-0.3, -0.25) is 0 Å². The highest BCUT2D eigenvalue weighted by Gasteiger charge is 2.14. The fraction of sp³-hybridized carbons (Fsp3) is 0.625. The number of rotatable bonds is 9. The molecule has 0 amide bonds. The second-order valence-electron chi connectivity index (χ2n) is 4.71. The molecule has 0 aliphatic rings. The number of phenols is 1. The summed E-state index contributed by atoms with van der Waals surface area (Å²) < 4.78 is 5.76. The van der Waals surface area contributed by atoms with E-state index < -0.39 is 0 Å². The normalized spacial score (nSPS) is 12.6. The van der Waals surface area contributed by atoms with Crippen LogP contribution in [0.4, 0.5) is 0 Å². The Hall–Kier alpha value is -1.02. The molecule has 0 aliphatic carbocycles. The van der Waals surface area contributed by atoms with E-state index in [-0.39, 0.29) is 6.10 Å². The lowest BCUT2D eigenvalue weighted by atomic mass is 10.0. The van der Waals surface area contributed by atoms with E-state index in [1.807, 2.05) is 25.1 Å². The van der Waals surface area contributed by atoms with Gasteiger partial charge in [0, 0.05) is 12.2 Å². The molecule has 102 valence electrons. The van der Waals surface area contributed by atoms with Crippen LogP contribution in [0, 0.1) is 0 Å². The summed E-state index contributed by atoms with van der Waals surface area (Å²) in [5, 5.41) is 9.87. The summed E-state index contributed by atoms with van der Waals surface area (Å²) in [6.07, 6.45) is 7.34. The van der Waals surface area contributed by atoms with Gasteiger partial charge < -0.3 is 9.84 Å². The largest absolute Gasteiger partial charge is 0.508 e. The summed E-state index contributed by atoms with van der Waals surface area (Å²) in [6.45, 7) is 4.92. The van der Waals surface area contributed by atoms with Gasteiger partial charge in [-0.15, -0.1) is 0 Å². The molecular weight excluding hydrogens is 224 g/mol. The number of para-hydroxylation sites is 1. The van der Waals surface area contributed by atoms with Crippen LogP contribution in [-0.4, -0.2) is 11.7 Å². The van der Waals surface area contributed by atoms with Gasteiger partial charge in [-0.25, -0.2) is 0 Å². The number of unbranched alkanes of at least 4 members (excludes halogenated alkanes) is 4. The number of ether oxygens (including phenoxy) is 1. The average molecular weight is 250 g/mol. The van der Waals surface area contributed by atoms with E-state index in [4.69, 9.17) is 4.74 Å². The van der Waals surface area contributed by atoms with Crippen LogP contribution in [0.15, 0.2) is 24.3 Å². The van der Waals surface area contributed by atoms with Crippen molar-refractivity contribution in [3.8, 4) is 5.75 Å². The van der Waals surface area contributed by atoms with Crippen molar-refractivity contribution >= 4 is 0 Å². The molecule has 2 heteroatoms. The first-order valence-corrected chi connectivity index (χ1v) is 7.19. The monoisotopic (exact) mass is 250 g/mol. The number of aromatic hydroxyl groups is 1. The van der Waals surface area contributed by atoms with Gasteiger partial charge in [0.2, 0.25) is 0 Å². The third kappa shape index (κ3) is 5.09. The van der Waals surface area contributed by atoms with Crippen LogP contribution in [0.3, 0.4) is 0 Å². The van der Waals surface area contributed by atoms with Gasteiger partial charge in [0.15, 0.2) is 0 Å². The van der Waals surface area contributed by atoms with Crippen LogP contribution >= 0.6 is 0 Å². The van der Waals surface area contributed by atoms with Crippen molar-refractivity contribution in [2.24, 2.45) is 0 Å². The third-order valence-corrected chi connectivity index (χ3v) is 3.22. The lowest BCUT2D eigenvalue weighted by Crippen LogP contribution is -2.04. The van der Waals surface area contributed by atoms with E-state index in [1.165, 1.54) is 32.1 Å². The van der Waals surface area contributed by atoms with E-state index in [2.05, 4.69) is 6.92 Å². The first-order valence-electron chi connectivity index (χ1n) is 7.19. The lowest BCUT2D eigenvalue weighted by Gasteiger charge is -2.18. The summed E-state index contributed by atoms with van der Waals surface area (Å²) in [5.41, 5.74) is 0.926. The highest BCUT2D eigenvalue weighted by Crippen LogP contribution is 2.30. The minimum atomic E-state index is 0.0397. The quantitative estimate of drug-likeness (QED) is 0.636. The molecule has 0 saturated carbocycles. The Kier molecular flexibility index (Phi) is 7.51. The number of phenolic OH excluding ortho intramolecular Hbond substituents is 1. The molecule has 1 atom stereocenters. The van der Waals surface area contributed by atoms with Crippen LogP contribution in [-0.2, 0) is 4.74 Å². The molecule has 2 nitrogen and oxygen atoms in total. The Labute approximate surface area is 111 Å². The zero-order valence-corrected chi connectivity index (χ0v) is 11.7. The van der Waals surface area contributed by atoms with Crippen LogP contribution in [0.5, 0.6) is 5.75 Å². The molecule has 1 unspecified atom stereocenters. The summed E-state index contributed by atoms with van der Waals surface area (Å²) in [4.78, 5) is 0. The van der Waals surface area contributed by atoms with Crippen LogP contribution in [0.25, 0.3) is 0 Å². The van der Waals surface area contributed by atoms with Crippen LogP contribution in [0.1, 0.15) is 64.0 Å². The summed E-state index contributed by atoms with van der Waals surface area (Å²) in [5.74, 6) is 0.351. The zero-order chi connectivity index (χ0) is 13.2. The highest BCUT2D eigenvalue weighted by molar-refractivity contribution is 5.33. The predicted molar refractivity (Wildman–Crippen MR) is 75.8 cm³/mol.